The third-order valence-electron chi connectivity index (χ3n) is 3.94. The molecular weight excluding hydrogens is 218 g/mol. The number of aliphatic hydroxyl groups excluding tert-OH is 1. The first-order valence-electron chi connectivity index (χ1n) is 6.48. The molecule has 2 atom stereocenters. The van der Waals surface area contributed by atoms with Crippen molar-refractivity contribution in [3.8, 4) is 0 Å². The molecule has 4 heteroatoms. The zero-order chi connectivity index (χ0) is 13.1. The van der Waals surface area contributed by atoms with E-state index in [4.69, 9.17) is 0 Å². The summed E-state index contributed by atoms with van der Waals surface area (Å²) in [7, 11) is 0. The average molecular weight is 243 g/mol. The minimum atomic E-state index is -0.708. The van der Waals surface area contributed by atoms with Crippen LogP contribution in [0.25, 0.3) is 0 Å². The maximum absolute atomic E-state index is 11.2. The van der Waals surface area contributed by atoms with Gasteiger partial charge in [-0.25, -0.2) is 0 Å². The molecule has 0 amide bonds. The standard InChI is InChI=1S/C13H25NO3/c1-10(15)6-8-14-7-4-5-11(9-14)13(2,3)12(16)17/h10-11,15H,4-9H2,1-3H3,(H,16,17). The average Bonchev–Trinajstić information content (AvgIpc) is 2.26. The van der Waals surface area contributed by atoms with Gasteiger partial charge in [0.05, 0.1) is 11.5 Å². The van der Waals surface area contributed by atoms with Crippen molar-refractivity contribution in [2.75, 3.05) is 19.6 Å². The van der Waals surface area contributed by atoms with Crippen LogP contribution in [0.15, 0.2) is 0 Å². The minimum Gasteiger partial charge on any atom is -0.481 e. The summed E-state index contributed by atoms with van der Waals surface area (Å²) in [5.41, 5.74) is -0.649. The molecule has 1 rings (SSSR count). The van der Waals surface area contributed by atoms with E-state index in [0.717, 1.165) is 38.9 Å². The van der Waals surface area contributed by atoms with E-state index < -0.39 is 11.4 Å². The Labute approximate surface area is 104 Å². The van der Waals surface area contributed by atoms with Gasteiger partial charge in [0.25, 0.3) is 0 Å². The Hall–Kier alpha value is -0.610. The number of hydrogen-bond acceptors (Lipinski definition) is 3. The molecule has 0 bridgehead atoms. The SMILES string of the molecule is CC(O)CCN1CCCC(C(C)(C)C(=O)O)C1. The Morgan fingerprint density at radius 2 is 2.18 bits per heavy atom. The number of piperidine rings is 1. The van der Waals surface area contributed by atoms with E-state index in [1.807, 2.05) is 13.8 Å². The Morgan fingerprint density at radius 3 is 2.71 bits per heavy atom. The van der Waals surface area contributed by atoms with Crippen molar-refractivity contribution in [2.24, 2.45) is 11.3 Å². The van der Waals surface area contributed by atoms with Crippen LogP contribution in [0.4, 0.5) is 0 Å². The Kier molecular flexibility index (Phi) is 4.95. The summed E-state index contributed by atoms with van der Waals surface area (Å²) >= 11 is 0. The molecule has 0 aliphatic carbocycles. The van der Waals surface area contributed by atoms with Crippen molar-refractivity contribution in [2.45, 2.75) is 46.1 Å². The second kappa shape index (κ2) is 5.83. The maximum atomic E-state index is 11.2. The van der Waals surface area contributed by atoms with Crippen LogP contribution in [0.1, 0.15) is 40.0 Å². The van der Waals surface area contributed by atoms with E-state index in [1.165, 1.54) is 0 Å². The van der Waals surface area contributed by atoms with E-state index in [-0.39, 0.29) is 12.0 Å². The van der Waals surface area contributed by atoms with Crippen molar-refractivity contribution in [3.63, 3.8) is 0 Å². The van der Waals surface area contributed by atoms with Crippen LogP contribution in [0.2, 0.25) is 0 Å². The number of carboxylic acid groups (broad SMARTS) is 1. The Bertz CT molecular complexity index is 263. The van der Waals surface area contributed by atoms with Gasteiger partial charge in [0, 0.05) is 13.1 Å². The van der Waals surface area contributed by atoms with Crippen molar-refractivity contribution >= 4 is 5.97 Å². The summed E-state index contributed by atoms with van der Waals surface area (Å²) in [4.78, 5) is 13.5. The molecule has 17 heavy (non-hydrogen) atoms. The summed E-state index contributed by atoms with van der Waals surface area (Å²) in [6, 6.07) is 0. The van der Waals surface area contributed by atoms with Gasteiger partial charge < -0.3 is 15.1 Å². The molecule has 0 aromatic heterocycles. The van der Waals surface area contributed by atoms with Crippen molar-refractivity contribution < 1.29 is 15.0 Å². The van der Waals surface area contributed by atoms with E-state index in [9.17, 15) is 15.0 Å². The van der Waals surface area contributed by atoms with E-state index >= 15 is 0 Å². The topological polar surface area (TPSA) is 60.8 Å². The van der Waals surface area contributed by atoms with E-state index in [0.29, 0.717) is 0 Å². The van der Waals surface area contributed by atoms with Gasteiger partial charge in [0.2, 0.25) is 0 Å². The van der Waals surface area contributed by atoms with Gasteiger partial charge in [-0.05, 0) is 52.5 Å². The van der Waals surface area contributed by atoms with Crippen LogP contribution >= 0.6 is 0 Å². The molecular formula is C13H25NO3. The molecule has 2 unspecified atom stereocenters. The number of carbonyl (C=O) groups is 1. The van der Waals surface area contributed by atoms with Gasteiger partial charge in [0.15, 0.2) is 0 Å². The molecule has 100 valence electrons. The lowest BCUT2D eigenvalue weighted by molar-refractivity contribution is -0.151. The van der Waals surface area contributed by atoms with Gasteiger partial charge in [-0.2, -0.15) is 0 Å². The summed E-state index contributed by atoms with van der Waals surface area (Å²) in [5, 5.41) is 18.5. The molecule has 1 aliphatic heterocycles. The maximum Gasteiger partial charge on any atom is 0.309 e. The number of aliphatic hydroxyl groups is 1. The number of hydrogen-bond donors (Lipinski definition) is 2. The molecule has 0 radical (unpaired) electrons. The molecule has 1 heterocycles. The zero-order valence-electron chi connectivity index (χ0n) is 11.1. The van der Waals surface area contributed by atoms with E-state index in [2.05, 4.69) is 4.90 Å². The Balaban J connectivity index is 2.51. The van der Waals surface area contributed by atoms with Crippen LogP contribution in [-0.4, -0.2) is 46.8 Å². The molecule has 0 aromatic rings. The third-order valence-corrected chi connectivity index (χ3v) is 3.94. The molecule has 1 saturated heterocycles. The quantitative estimate of drug-likeness (QED) is 0.769. The number of rotatable bonds is 5. The number of nitrogens with zero attached hydrogens (tertiary/aromatic N) is 1. The van der Waals surface area contributed by atoms with Crippen LogP contribution in [-0.2, 0) is 4.79 Å². The molecule has 1 fully saturated rings. The number of likely N-dealkylation sites (tertiary alicyclic amines) is 1. The van der Waals surface area contributed by atoms with Crippen LogP contribution in [0, 0.1) is 11.3 Å². The molecule has 1 aliphatic rings. The first-order chi connectivity index (χ1) is 7.84. The van der Waals surface area contributed by atoms with Gasteiger partial charge in [-0.15, -0.1) is 0 Å². The highest BCUT2D eigenvalue weighted by atomic mass is 16.4. The minimum absolute atomic E-state index is 0.211. The molecule has 0 aromatic carbocycles. The summed E-state index contributed by atoms with van der Waals surface area (Å²) < 4.78 is 0. The first kappa shape index (κ1) is 14.5. The molecule has 0 spiro atoms. The highest BCUT2D eigenvalue weighted by molar-refractivity contribution is 5.74. The predicted octanol–water partition coefficient (Wildman–Crippen LogP) is 1.58. The number of carboxylic acids is 1. The van der Waals surface area contributed by atoms with Crippen LogP contribution < -0.4 is 0 Å². The van der Waals surface area contributed by atoms with Gasteiger partial charge in [-0.3, -0.25) is 4.79 Å². The first-order valence-corrected chi connectivity index (χ1v) is 6.48. The molecule has 2 N–H and O–H groups in total. The Morgan fingerprint density at radius 1 is 1.53 bits per heavy atom. The molecule has 0 saturated carbocycles. The highest BCUT2D eigenvalue weighted by Crippen LogP contribution is 2.34. The van der Waals surface area contributed by atoms with Gasteiger partial charge >= 0.3 is 5.97 Å². The van der Waals surface area contributed by atoms with Gasteiger partial charge in [0.1, 0.15) is 0 Å². The van der Waals surface area contributed by atoms with Crippen molar-refractivity contribution in [3.05, 3.63) is 0 Å². The summed E-state index contributed by atoms with van der Waals surface area (Å²) in [6.07, 6.45) is 2.54. The van der Waals surface area contributed by atoms with Gasteiger partial charge in [-0.1, -0.05) is 0 Å². The zero-order valence-corrected chi connectivity index (χ0v) is 11.1. The summed E-state index contributed by atoms with van der Waals surface area (Å²) in [5.74, 6) is -0.498. The fourth-order valence-corrected chi connectivity index (χ4v) is 2.39. The predicted molar refractivity (Wildman–Crippen MR) is 66.9 cm³/mol. The van der Waals surface area contributed by atoms with Crippen molar-refractivity contribution in [1.29, 1.82) is 0 Å². The third kappa shape index (κ3) is 3.96. The fraction of sp³-hybridized carbons (Fsp3) is 0.923. The summed E-state index contributed by atoms with van der Waals surface area (Å²) in [6.45, 7) is 8.16. The lowest BCUT2D eigenvalue weighted by Gasteiger charge is -2.39. The second-order valence-corrected chi connectivity index (χ2v) is 5.80. The second-order valence-electron chi connectivity index (χ2n) is 5.80. The lowest BCUT2D eigenvalue weighted by Crippen LogP contribution is -2.45. The smallest absolute Gasteiger partial charge is 0.309 e. The highest BCUT2D eigenvalue weighted by Gasteiger charge is 2.38. The van der Waals surface area contributed by atoms with Crippen LogP contribution in [0.3, 0.4) is 0 Å². The lowest BCUT2D eigenvalue weighted by atomic mass is 9.74. The molecule has 4 nitrogen and oxygen atoms in total. The largest absolute Gasteiger partial charge is 0.481 e. The monoisotopic (exact) mass is 243 g/mol. The number of aliphatic carboxylic acids is 1. The fourth-order valence-electron chi connectivity index (χ4n) is 2.39. The van der Waals surface area contributed by atoms with E-state index in [1.54, 1.807) is 6.92 Å². The van der Waals surface area contributed by atoms with Crippen molar-refractivity contribution in [1.82, 2.24) is 4.90 Å². The normalized spacial score (nSPS) is 24.6. The van der Waals surface area contributed by atoms with Crippen LogP contribution in [0.5, 0.6) is 0 Å².